The molecule has 0 bridgehead atoms. The molecule has 0 fully saturated rings. The summed E-state index contributed by atoms with van der Waals surface area (Å²) in [5, 5.41) is 12.9. The van der Waals surface area contributed by atoms with E-state index in [4.69, 9.17) is 4.74 Å². The number of carbonyl (C=O) groups excluding carboxylic acids is 1. The number of benzene rings is 1. The standard InChI is InChI=1S/C17H19FN2O3/c1-3-23-15-9-6-13(10-19-15)17(22)20-11(2)16(21)12-4-7-14(18)8-5-12/h4-11,16,21H,3H2,1-2H3,(H,20,22). The molecule has 2 aromatic rings. The van der Waals surface area contributed by atoms with E-state index >= 15 is 0 Å². The lowest BCUT2D eigenvalue weighted by molar-refractivity contribution is 0.0851. The van der Waals surface area contributed by atoms with Crippen molar-refractivity contribution in [2.24, 2.45) is 0 Å². The number of ether oxygens (including phenoxy) is 1. The number of nitrogens with zero attached hydrogens (tertiary/aromatic N) is 1. The van der Waals surface area contributed by atoms with Crippen molar-refractivity contribution in [3.05, 3.63) is 59.5 Å². The van der Waals surface area contributed by atoms with Crippen molar-refractivity contribution < 1.29 is 19.0 Å². The van der Waals surface area contributed by atoms with Crippen LogP contribution in [0.25, 0.3) is 0 Å². The summed E-state index contributed by atoms with van der Waals surface area (Å²) in [6.45, 7) is 4.02. The van der Waals surface area contributed by atoms with E-state index in [1.807, 2.05) is 6.92 Å². The molecule has 1 amide bonds. The third-order valence-electron chi connectivity index (χ3n) is 3.33. The number of aliphatic hydroxyl groups excluding tert-OH is 1. The lowest BCUT2D eigenvalue weighted by Crippen LogP contribution is -2.37. The number of carbonyl (C=O) groups is 1. The molecule has 2 N–H and O–H groups in total. The smallest absolute Gasteiger partial charge is 0.253 e. The van der Waals surface area contributed by atoms with E-state index in [2.05, 4.69) is 10.3 Å². The van der Waals surface area contributed by atoms with Gasteiger partial charge in [0.1, 0.15) is 5.82 Å². The molecule has 0 aliphatic heterocycles. The van der Waals surface area contributed by atoms with Crippen LogP contribution in [0.4, 0.5) is 4.39 Å². The minimum atomic E-state index is -0.935. The molecule has 0 saturated heterocycles. The minimum Gasteiger partial charge on any atom is -0.478 e. The Hall–Kier alpha value is -2.47. The van der Waals surface area contributed by atoms with Crippen molar-refractivity contribution in [3.8, 4) is 5.88 Å². The molecule has 1 aromatic heterocycles. The Morgan fingerprint density at radius 2 is 2.00 bits per heavy atom. The van der Waals surface area contributed by atoms with Crippen molar-refractivity contribution in [1.29, 1.82) is 0 Å². The molecular formula is C17H19FN2O3. The van der Waals surface area contributed by atoms with Gasteiger partial charge in [0, 0.05) is 12.3 Å². The fourth-order valence-electron chi connectivity index (χ4n) is 2.07. The summed E-state index contributed by atoms with van der Waals surface area (Å²) in [5.74, 6) is -0.282. The van der Waals surface area contributed by atoms with E-state index in [1.165, 1.54) is 30.5 Å². The first-order valence-electron chi connectivity index (χ1n) is 7.34. The van der Waals surface area contributed by atoms with E-state index in [-0.39, 0.29) is 11.7 Å². The van der Waals surface area contributed by atoms with Crippen LogP contribution >= 0.6 is 0 Å². The number of aliphatic hydroxyl groups is 1. The van der Waals surface area contributed by atoms with Gasteiger partial charge in [0.25, 0.3) is 5.91 Å². The number of nitrogens with one attached hydrogen (secondary N) is 1. The van der Waals surface area contributed by atoms with Crippen LogP contribution in [0.2, 0.25) is 0 Å². The Labute approximate surface area is 134 Å². The molecule has 5 nitrogen and oxygen atoms in total. The van der Waals surface area contributed by atoms with Gasteiger partial charge in [0.2, 0.25) is 5.88 Å². The summed E-state index contributed by atoms with van der Waals surface area (Å²) in [5.41, 5.74) is 0.899. The molecule has 0 saturated carbocycles. The molecule has 6 heteroatoms. The maximum absolute atomic E-state index is 12.9. The molecule has 1 aromatic carbocycles. The normalized spacial score (nSPS) is 13.2. The highest BCUT2D eigenvalue weighted by molar-refractivity contribution is 5.94. The van der Waals surface area contributed by atoms with Gasteiger partial charge in [-0.1, -0.05) is 12.1 Å². The first-order valence-corrected chi connectivity index (χ1v) is 7.34. The van der Waals surface area contributed by atoms with Crippen LogP contribution in [0.1, 0.15) is 35.9 Å². The van der Waals surface area contributed by atoms with Crippen LogP contribution in [0.5, 0.6) is 5.88 Å². The molecule has 1 heterocycles. The van der Waals surface area contributed by atoms with E-state index in [1.54, 1.807) is 19.1 Å². The number of halogens is 1. The third-order valence-corrected chi connectivity index (χ3v) is 3.33. The third kappa shape index (κ3) is 4.50. The van der Waals surface area contributed by atoms with Gasteiger partial charge in [0.15, 0.2) is 0 Å². The molecule has 0 aliphatic rings. The van der Waals surface area contributed by atoms with E-state index in [9.17, 15) is 14.3 Å². The quantitative estimate of drug-likeness (QED) is 0.858. The minimum absolute atomic E-state index is 0.353. The Morgan fingerprint density at radius 3 is 2.57 bits per heavy atom. The lowest BCUT2D eigenvalue weighted by Gasteiger charge is -2.20. The van der Waals surface area contributed by atoms with Crippen LogP contribution < -0.4 is 10.1 Å². The molecular weight excluding hydrogens is 299 g/mol. The van der Waals surface area contributed by atoms with Crippen LogP contribution in [0.3, 0.4) is 0 Å². The molecule has 0 radical (unpaired) electrons. The van der Waals surface area contributed by atoms with Crippen LogP contribution in [0, 0.1) is 5.82 Å². The topological polar surface area (TPSA) is 71.5 Å². The van der Waals surface area contributed by atoms with Crippen molar-refractivity contribution in [3.63, 3.8) is 0 Å². The number of hydrogen-bond acceptors (Lipinski definition) is 4. The zero-order valence-electron chi connectivity index (χ0n) is 13.0. The highest BCUT2D eigenvalue weighted by atomic mass is 19.1. The van der Waals surface area contributed by atoms with Crippen LogP contribution in [-0.4, -0.2) is 28.6 Å². The largest absolute Gasteiger partial charge is 0.478 e. The number of pyridine rings is 1. The Kier molecular flexibility index (Phi) is 5.65. The van der Waals surface area contributed by atoms with Crippen LogP contribution in [0.15, 0.2) is 42.6 Å². The predicted octanol–water partition coefficient (Wildman–Crippen LogP) is 2.47. The summed E-state index contributed by atoms with van der Waals surface area (Å²) in [6.07, 6.45) is 0.479. The van der Waals surface area contributed by atoms with E-state index in [0.29, 0.717) is 23.6 Å². The van der Waals surface area contributed by atoms with E-state index in [0.717, 1.165) is 0 Å². The van der Waals surface area contributed by atoms with Gasteiger partial charge in [-0.05, 0) is 37.6 Å². The van der Waals surface area contributed by atoms with Gasteiger partial charge in [-0.15, -0.1) is 0 Å². The van der Waals surface area contributed by atoms with Crippen molar-refractivity contribution in [2.45, 2.75) is 26.0 Å². The first kappa shape index (κ1) is 16.9. The fourth-order valence-corrected chi connectivity index (χ4v) is 2.07. The molecule has 2 unspecified atom stereocenters. The maximum atomic E-state index is 12.9. The second-order valence-corrected chi connectivity index (χ2v) is 5.08. The monoisotopic (exact) mass is 318 g/mol. The Morgan fingerprint density at radius 1 is 1.30 bits per heavy atom. The van der Waals surface area contributed by atoms with Crippen molar-refractivity contribution >= 4 is 5.91 Å². The first-order chi connectivity index (χ1) is 11.0. The second-order valence-electron chi connectivity index (χ2n) is 5.08. The van der Waals surface area contributed by atoms with Gasteiger partial charge >= 0.3 is 0 Å². The van der Waals surface area contributed by atoms with Crippen LogP contribution in [-0.2, 0) is 0 Å². The Balaban J connectivity index is 1.99. The average molecular weight is 318 g/mol. The van der Waals surface area contributed by atoms with Gasteiger partial charge in [0.05, 0.1) is 24.3 Å². The van der Waals surface area contributed by atoms with Crippen molar-refractivity contribution in [1.82, 2.24) is 10.3 Å². The fraction of sp³-hybridized carbons (Fsp3) is 0.294. The summed E-state index contributed by atoms with van der Waals surface area (Å²) < 4.78 is 18.1. The molecule has 23 heavy (non-hydrogen) atoms. The lowest BCUT2D eigenvalue weighted by atomic mass is 10.0. The molecule has 0 aliphatic carbocycles. The highest BCUT2D eigenvalue weighted by Crippen LogP contribution is 2.17. The molecule has 2 atom stereocenters. The molecule has 0 spiro atoms. The van der Waals surface area contributed by atoms with Gasteiger partial charge in [-0.25, -0.2) is 9.37 Å². The number of hydrogen-bond donors (Lipinski definition) is 2. The second kappa shape index (κ2) is 7.69. The maximum Gasteiger partial charge on any atom is 0.253 e. The summed E-state index contributed by atoms with van der Waals surface area (Å²) in [6, 6.07) is 8.18. The van der Waals surface area contributed by atoms with Gasteiger partial charge in [-0.2, -0.15) is 0 Å². The molecule has 122 valence electrons. The van der Waals surface area contributed by atoms with Gasteiger partial charge < -0.3 is 15.2 Å². The number of aromatic nitrogens is 1. The SMILES string of the molecule is CCOc1ccc(C(=O)NC(C)C(O)c2ccc(F)cc2)cn1. The average Bonchev–Trinajstić information content (AvgIpc) is 2.55. The number of amides is 1. The number of rotatable bonds is 6. The summed E-state index contributed by atoms with van der Waals surface area (Å²) in [4.78, 5) is 16.2. The highest BCUT2D eigenvalue weighted by Gasteiger charge is 2.19. The predicted molar refractivity (Wildman–Crippen MR) is 83.7 cm³/mol. The summed E-state index contributed by atoms with van der Waals surface area (Å²) >= 11 is 0. The van der Waals surface area contributed by atoms with Crippen molar-refractivity contribution in [2.75, 3.05) is 6.61 Å². The zero-order chi connectivity index (χ0) is 16.8. The van der Waals surface area contributed by atoms with E-state index < -0.39 is 12.1 Å². The molecule has 2 rings (SSSR count). The van der Waals surface area contributed by atoms with Gasteiger partial charge in [-0.3, -0.25) is 4.79 Å². The summed E-state index contributed by atoms with van der Waals surface area (Å²) in [7, 11) is 0. The Bertz CT molecular complexity index is 644. The zero-order valence-corrected chi connectivity index (χ0v) is 13.0.